The third-order valence-electron chi connectivity index (χ3n) is 4.71. The van der Waals surface area contributed by atoms with E-state index in [-0.39, 0.29) is 5.91 Å². The minimum Gasteiger partial charge on any atom is -0.352 e. The Hall–Kier alpha value is -0.960. The van der Waals surface area contributed by atoms with Gasteiger partial charge in [0.05, 0.1) is 5.75 Å². The lowest BCUT2D eigenvalue weighted by molar-refractivity contribution is -0.119. The Labute approximate surface area is 125 Å². The van der Waals surface area contributed by atoms with E-state index >= 15 is 0 Å². The topological polar surface area (TPSA) is 29.1 Å². The maximum atomic E-state index is 12.0. The molecule has 0 aromatic heterocycles. The van der Waals surface area contributed by atoms with Crippen molar-refractivity contribution in [3.63, 3.8) is 0 Å². The number of benzene rings is 1. The summed E-state index contributed by atoms with van der Waals surface area (Å²) in [4.78, 5) is 12.0. The molecule has 0 spiro atoms. The zero-order valence-corrected chi connectivity index (χ0v) is 12.9. The molecule has 0 heterocycles. The Morgan fingerprint density at radius 2 is 2.05 bits per heavy atom. The molecule has 1 N–H and O–H groups in total. The lowest BCUT2D eigenvalue weighted by atomic mass is 9.95. The Morgan fingerprint density at radius 1 is 1.25 bits per heavy atom. The largest absolute Gasteiger partial charge is 0.352 e. The van der Waals surface area contributed by atoms with Gasteiger partial charge in [-0.15, -0.1) is 11.8 Å². The van der Waals surface area contributed by atoms with Gasteiger partial charge in [0.15, 0.2) is 0 Å². The zero-order valence-electron chi connectivity index (χ0n) is 12.1. The summed E-state index contributed by atoms with van der Waals surface area (Å²) in [5.74, 6) is 3.39. The molecule has 2 saturated carbocycles. The monoisotopic (exact) mass is 289 g/mol. The van der Waals surface area contributed by atoms with Crippen LogP contribution in [0.5, 0.6) is 0 Å². The molecule has 3 heteroatoms. The first kappa shape index (κ1) is 14.0. The van der Waals surface area contributed by atoms with E-state index in [1.54, 1.807) is 11.8 Å². The highest BCUT2D eigenvalue weighted by Crippen LogP contribution is 2.44. The molecular formula is C17H23NOS. The summed E-state index contributed by atoms with van der Waals surface area (Å²) in [6.07, 6.45) is 5.28. The summed E-state index contributed by atoms with van der Waals surface area (Å²) in [5, 5.41) is 3.25. The number of hydrogen-bond acceptors (Lipinski definition) is 2. The first-order valence-electron chi connectivity index (χ1n) is 7.63. The van der Waals surface area contributed by atoms with Gasteiger partial charge in [-0.3, -0.25) is 4.79 Å². The van der Waals surface area contributed by atoms with E-state index in [1.165, 1.54) is 36.8 Å². The molecule has 1 amide bonds. The molecule has 3 unspecified atom stereocenters. The van der Waals surface area contributed by atoms with Crippen LogP contribution in [0.15, 0.2) is 24.3 Å². The molecule has 1 aromatic carbocycles. The lowest BCUT2D eigenvalue weighted by Crippen LogP contribution is -2.39. The van der Waals surface area contributed by atoms with Gasteiger partial charge in [0.2, 0.25) is 5.91 Å². The van der Waals surface area contributed by atoms with Crippen LogP contribution < -0.4 is 5.32 Å². The van der Waals surface area contributed by atoms with Crippen molar-refractivity contribution >= 4 is 17.7 Å². The van der Waals surface area contributed by atoms with Crippen molar-refractivity contribution in [2.75, 3.05) is 5.75 Å². The summed E-state index contributed by atoms with van der Waals surface area (Å²) < 4.78 is 0. The second kappa shape index (κ2) is 6.21. The maximum Gasteiger partial charge on any atom is 0.230 e. The number of rotatable bonds is 5. The Morgan fingerprint density at radius 3 is 2.70 bits per heavy atom. The number of aryl methyl sites for hydroxylation is 1. The minimum absolute atomic E-state index is 0.222. The summed E-state index contributed by atoms with van der Waals surface area (Å²) in [5.41, 5.74) is 2.58. The fourth-order valence-electron chi connectivity index (χ4n) is 3.62. The van der Waals surface area contributed by atoms with Crippen LogP contribution in [0.25, 0.3) is 0 Å². The fourth-order valence-corrected chi connectivity index (χ4v) is 4.41. The van der Waals surface area contributed by atoms with E-state index in [2.05, 4.69) is 36.5 Å². The highest BCUT2D eigenvalue weighted by Gasteiger charge is 2.39. The predicted molar refractivity (Wildman–Crippen MR) is 84.7 cm³/mol. The van der Waals surface area contributed by atoms with Crippen molar-refractivity contribution in [1.29, 1.82) is 0 Å². The number of nitrogens with one attached hydrogen (secondary N) is 1. The molecule has 2 aliphatic rings. The Balaban J connectivity index is 1.38. The number of fused-ring (bicyclic) bond motifs is 2. The van der Waals surface area contributed by atoms with E-state index < -0.39 is 0 Å². The van der Waals surface area contributed by atoms with Gasteiger partial charge in [0, 0.05) is 11.8 Å². The van der Waals surface area contributed by atoms with E-state index in [0.29, 0.717) is 11.8 Å². The number of thioether (sulfide) groups is 1. The number of carbonyl (C=O) groups excluding carboxylic acids is 1. The summed E-state index contributed by atoms with van der Waals surface area (Å²) >= 11 is 1.71. The van der Waals surface area contributed by atoms with Gasteiger partial charge in [-0.25, -0.2) is 0 Å². The Kier molecular flexibility index (Phi) is 4.35. The smallest absolute Gasteiger partial charge is 0.230 e. The lowest BCUT2D eigenvalue weighted by Gasteiger charge is -2.22. The molecule has 1 aromatic rings. The third kappa shape index (κ3) is 3.38. The van der Waals surface area contributed by atoms with Crippen LogP contribution in [0.1, 0.15) is 36.8 Å². The third-order valence-corrected chi connectivity index (χ3v) is 5.71. The van der Waals surface area contributed by atoms with Crippen LogP contribution in [0.4, 0.5) is 0 Å². The molecular weight excluding hydrogens is 266 g/mol. The normalized spacial score (nSPS) is 27.8. The molecule has 0 aliphatic heterocycles. The van der Waals surface area contributed by atoms with Crippen molar-refractivity contribution in [3.8, 4) is 0 Å². The van der Waals surface area contributed by atoms with Gasteiger partial charge in [-0.2, -0.15) is 0 Å². The van der Waals surface area contributed by atoms with Crippen molar-refractivity contribution in [2.24, 2.45) is 11.8 Å². The molecule has 3 atom stereocenters. The van der Waals surface area contributed by atoms with Crippen LogP contribution >= 0.6 is 11.8 Å². The van der Waals surface area contributed by atoms with Crippen LogP contribution in [0.2, 0.25) is 0 Å². The molecule has 108 valence electrons. The summed E-state index contributed by atoms with van der Waals surface area (Å²) in [6.45, 7) is 2.10. The van der Waals surface area contributed by atoms with Gasteiger partial charge in [0.25, 0.3) is 0 Å². The number of carbonyl (C=O) groups is 1. The van der Waals surface area contributed by atoms with Gasteiger partial charge in [0.1, 0.15) is 0 Å². The SMILES string of the molecule is Cc1ccc(CSCC(=O)NC2CC3CCC2C3)cc1. The molecule has 2 bridgehead atoms. The maximum absolute atomic E-state index is 12.0. The average molecular weight is 289 g/mol. The number of amides is 1. The van der Waals surface area contributed by atoms with Gasteiger partial charge < -0.3 is 5.32 Å². The molecule has 2 fully saturated rings. The van der Waals surface area contributed by atoms with Crippen LogP contribution in [-0.2, 0) is 10.5 Å². The summed E-state index contributed by atoms with van der Waals surface area (Å²) in [6, 6.07) is 9.03. The highest BCUT2D eigenvalue weighted by molar-refractivity contribution is 7.99. The van der Waals surface area contributed by atoms with Crippen molar-refractivity contribution in [1.82, 2.24) is 5.32 Å². The molecule has 0 saturated heterocycles. The zero-order chi connectivity index (χ0) is 13.9. The Bertz CT molecular complexity index is 470. The molecule has 0 radical (unpaired) electrons. The van der Waals surface area contributed by atoms with Gasteiger partial charge >= 0.3 is 0 Å². The standard InChI is InChI=1S/C17H23NOS/c1-12-2-4-13(5-3-12)10-20-11-17(19)18-16-9-14-6-7-15(16)8-14/h2-5,14-16H,6-11H2,1H3,(H,18,19). The van der Waals surface area contributed by atoms with Crippen molar-refractivity contribution < 1.29 is 4.79 Å². The first-order chi connectivity index (χ1) is 9.70. The fraction of sp³-hybridized carbons (Fsp3) is 0.588. The molecule has 2 aliphatic carbocycles. The predicted octanol–water partition coefficient (Wildman–Crippen LogP) is 3.53. The van der Waals surface area contributed by atoms with Crippen molar-refractivity contribution in [3.05, 3.63) is 35.4 Å². The molecule has 3 rings (SSSR count). The van der Waals surface area contributed by atoms with E-state index in [1.807, 2.05) is 0 Å². The average Bonchev–Trinajstić information content (AvgIpc) is 3.03. The van der Waals surface area contributed by atoms with Crippen molar-refractivity contribution in [2.45, 2.75) is 44.4 Å². The van der Waals surface area contributed by atoms with Crippen LogP contribution in [-0.4, -0.2) is 17.7 Å². The first-order valence-corrected chi connectivity index (χ1v) is 8.79. The van der Waals surface area contributed by atoms with Gasteiger partial charge in [-0.1, -0.05) is 36.2 Å². The second-order valence-electron chi connectivity index (χ2n) is 6.33. The van der Waals surface area contributed by atoms with Crippen LogP contribution in [0.3, 0.4) is 0 Å². The van der Waals surface area contributed by atoms with Crippen LogP contribution in [0, 0.1) is 18.8 Å². The van der Waals surface area contributed by atoms with E-state index in [4.69, 9.17) is 0 Å². The molecule has 2 nitrogen and oxygen atoms in total. The van der Waals surface area contributed by atoms with Gasteiger partial charge in [-0.05, 0) is 43.6 Å². The molecule has 20 heavy (non-hydrogen) atoms. The highest BCUT2D eigenvalue weighted by atomic mass is 32.2. The van der Waals surface area contributed by atoms with E-state index in [9.17, 15) is 4.79 Å². The number of hydrogen-bond donors (Lipinski definition) is 1. The van der Waals surface area contributed by atoms with E-state index in [0.717, 1.165) is 17.6 Å². The summed E-state index contributed by atoms with van der Waals surface area (Å²) in [7, 11) is 0. The minimum atomic E-state index is 0.222. The quantitative estimate of drug-likeness (QED) is 0.898. The second-order valence-corrected chi connectivity index (χ2v) is 7.31.